The predicted molar refractivity (Wildman–Crippen MR) is 60.8 cm³/mol. The van der Waals surface area contributed by atoms with Crippen molar-refractivity contribution >= 4 is 18.2 Å². The molecule has 1 saturated carbocycles. The summed E-state index contributed by atoms with van der Waals surface area (Å²) in [4.78, 5) is 34.5. The smallest absolute Gasteiger partial charge is 0.253 e. The highest BCUT2D eigenvalue weighted by Crippen LogP contribution is 2.28. The molecule has 0 spiro atoms. The van der Waals surface area contributed by atoms with Gasteiger partial charge in [-0.15, -0.1) is 0 Å². The summed E-state index contributed by atoms with van der Waals surface area (Å²) in [6.07, 6.45) is 6.95. The van der Waals surface area contributed by atoms with Crippen LogP contribution in [0.15, 0.2) is 12.2 Å². The van der Waals surface area contributed by atoms with Gasteiger partial charge in [-0.05, 0) is 31.6 Å². The highest BCUT2D eigenvalue weighted by Gasteiger charge is 2.33. The van der Waals surface area contributed by atoms with E-state index in [9.17, 15) is 14.4 Å². The van der Waals surface area contributed by atoms with Crippen LogP contribution in [0, 0.1) is 5.92 Å². The van der Waals surface area contributed by atoms with Crippen molar-refractivity contribution in [1.29, 1.82) is 0 Å². The number of carbonyl (C=O) groups is 3. The van der Waals surface area contributed by atoms with Crippen LogP contribution in [0.4, 0.5) is 0 Å². The number of hydrogen-bond donors (Lipinski definition) is 1. The van der Waals surface area contributed by atoms with Crippen LogP contribution in [0.2, 0.25) is 0 Å². The van der Waals surface area contributed by atoms with Crippen molar-refractivity contribution in [2.24, 2.45) is 5.92 Å². The molecule has 5 heteroatoms. The third-order valence-corrected chi connectivity index (χ3v) is 3.51. The Hall–Kier alpha value is -1.65. The molecule has 0 aromatic heterocycles. The second kappa shape index (κ2) is 5.12. The quantitative estimate of drug-likeness (QED) is 0.560. The minimum atomic E-state index is -0.190. The van der Waals surface area contributed by atoms with Crippen LogP contribution in [-0.4, -0.2) is 35.7 Å². The zero-order chi connectivity index (χ0) is 12.3. The van der Waals surface area contributed by atoms with Crippen LogP contribution in [0.25, 0.3) is 0 Å². The fraction of sp³-hybridized carbons (Fsp3) is 0.583. The van der Waals surface area contributed by atoms with Gasteiger partial charge in [0.05, 0.1) is 0 Å². The standard InChI is InChI=1S/C12H16N2O3/c15-8-13-7-9-1-3-10(4-2-9)14-11(16)5-6-12(14)17/h5-6,8-10H,1-4,7H2,(H,13,15)/t9-,10-. The molecule has 1 N–H and O–H groups in total. The SMILES string of the molecule is O=CNC[C@H]1CC[C@H](N2C(=O)C=CC2=O)CC1. The maximum atomic E-state index is 11.5. The molecule has 1 heterocycles. The zero-order valence-electron chi connectivity index (χ0n) is 9.59. The number of imide groups is 1. The Balaban J connectivity index is 1.85. The fourth-order valence-electron chi connectivity index (χ4n) is 2.59. The summed E-state index contributed by atoms with van der Waals surface area (Å²) < 4.78 is 0. The van der Waals surface area contributed by atoms with E-state index in [1.54, 1.807) is 0 Å². The van der Waals surface area contributed by atoms with Crippen molar-refractivity contribution in [3.8, 4) is 0 Å². The fourth-order valence-corrected chi connectivity index (χ4v) is 2.59. The maximum absolute atomic E-state index is 11.5. The summed E-state index contributed by atoms with van der Waals surface area (Å²) in [5.41, 5.74) is 0. The number of nitrogens with zero attached hydrogens (tertiary/aromatic N) is 1. The summed E-state index contributed by atoms with van der Waals surface area (Å²) in [7, 11) is 0. The van der Waals surface area contributed by atoms with Crippen molar-refractivity contribution in [3.63, 3.8) is 0 Å². The van der Waals surface area contributed by atoms with Crippen molar-refractivity contribution < 1.29 is 14.4 Å². The van der Waals surface area contributed by atoms with Gasteiger partial charge in [-0.1, -0.05) is 0 Å². The number of amides is 3. The molecule has 0 aromatic carbocycles. The molecule has 2 aliphatic rings. The number of carbonyl (C=O) groups excluding carboxylic acids is 3. The van der Waals surface area contributed by atoms with Gasteiger partial charge in [0.1, 0.15) is 0 Å². The van der Waals surface area contributed by atoms with E-state index >= 15 is 0 Å². The largest absolute Gasteiger partial charge is 0.358 e. The average molecular weight is 236 g/mol. The van der Waals surface area contributed by atoms with E-state index < -0.39 is 0 Å². The Kier molecular flexibility index (Phi) is 3.56. The summed E-state index contributed by atoms with van der Waals surface area (Å²) in [5, 5.41) is 2.68. The average Bonchev–Trinajstić information content (AvgIpc) is 2.67. The lowest BCUT2D eigenvalue weighted by Gasteiger charge is -2.33. The normalized spacial score (nSPS) is 28.6. The molecule has 0 bridgehead atoms. The molecular formula is C12H16N2O3. The van der Waals surface area contributed by atoms with Gasteiger partial charge in [-0.25, -0.2) is 0 Å². The first-order valence-electron chi connectivity index (χ1n) is 5.94. The van der Waals surface area contributed by atoms with Crippen molar-refractivity contribution in [2.75, 3.05) is 6.54 Å². The Morgan fingerprint density at radius 1 is 1.18 bits per heavy atom. The monoisotopic (exact) mass is 236 g/mol. The lowest BCUT2D eigenvalue weighted by atomic mass is 9.85. The molecule has 5 nitrogen and oxygen atoms in total. The highest BCUT2D eigenvalue weighted by atomic mass is 16.2. The first-order valence-corrected chi connectivity index (χ1v) is 5.94. The molecular weight excluding hydrogens is 220 g/mol. The van der Waals surface area contributed by atoms with Crippen LogP contribution in [0.5, 0.6) is 0 Å². The van der Waals surface area contributed by atoms with Gasteiger partial charge >= 0.3 is 0 Å². The van der Waals surface area contributed by atoms with E-state index in [1.807, 2.05) is 0 Å². The van der Waals surface area contributed by atoms with Gasteiger partial charge < -0.3 is 5.32 Å². The second-order valence-corrected chi connectivity index (χ2v) is 4.58. The number of rotatable bonds is 4. The van der Waals surface area contributed by atoms with E-state index in [2.05, 4.69) is 5.32 Å². The molecule has 0 aromatic rings. The van der Waals surface area contributed by atoms with E-state index in [1.165, 1.54) is 17.1 Å². The maximum Gasteiger partial charge on any atom is 0.253 e. The van der Waals surface area contributed by atoms with Crippen molar-refractivity contribution in [2.45, 2.75) is 31.7 Å². The van der Waals surface area contributed by atoms with Crippen LogP contribution in [0.1, 0.15) is 25.7 Å². The molecule has 1 fully saturated rings. The predicted octanol–water partition coefficient (Wildman–Crippen LogP) is 0.216. The van der Waals surface area contributed by atoms with Gasteiger partial charge in [0.15, 0.2) is 0 Å². The zero-order valence-corrected chi connectivity index (χ0v) is 9.59. The third-order valence-electron chi connectivity index (χ3n) is 3.51. The summed E-state index contributed by atoms with van der Waals surface area (Å²) in [5.74, 6) is 0.0890. The molecule has 0 saturated heterocycles. The number of nitrogens with one attached hydrogen (secondary N) is 1. The lowest BCUT2D eigenvalue weighted by Crippen LogP contribution is -2.42. The van der Waals surface area contributed by atoms with Gasteiger partial charge in [-0.2, -0.15) is 0 Å². The molecule has 92 valence electrons. The summed E-state index contributed by atoms with van der Waals surface area (Å²) in [6.45, 7) is 0.691. The first-order chi connectivity index (χ1) is 8.22. The Bertz CT molecular complexity index is 339. The molecule has 17 heavy (non-hydrogen) atoms. The first kappa shape index (κ1) is 11.8. The van der Waals surface area contributed by atoms with Crippen molar-refractivity contribution in [1.82, 2.24) is 10.2 Å². The van der Waals surface area contributed by atoms with Crippen LogP contribution in [0.3, 0.4) is 0 Å². The third kappa shape index (κ3) is 2.54. The van der Waals surface area contributed by atoms with Crippen LogP contribution >= 0.6 is 0 Å². The molecule has 2 rings (SSSR count). The van der Waals surface area contributed by atoms with Gasteiger partial charge in [0.2, 0.25) is 6.41 Å². The van der Waals surface area contributed by atoms with E-state index in [-0.39, 0.29) is 17.9 Å². The van der Waals surface area contributed by atoms with Crippen LogP contribution < -0.4 is 5.32 Å². The van der Waals surface area contributed by atoms with Gasteiger partial charge in [0, 0.05) is 24.7 Å². The molecule has 0 unspecified atom stereocenters. The lowest BCUT2D eigenvalue weighted by molar-refractivity contribution is -0.140. The topological polar surface area (TPSA) is 66.5 Å². The molecule has 0 atom stereocenters. The molecule has 0 radical (unpaired) electrons. The van der Waals surface area contributed by atoms with E-state index in [0.717, 1.165) is 25.7 Å². The van der Waals surface area contributed by atoms with Gasteiger partial charge in [0.25, 0.3) is 11.8 Å². The second-order valence-electron chi connectivity index (χ2n) is 4.58. The number of hydrogen-bond acceptors (Lipinski definition) is 3. The highest BCUT2D eigenvalue weighted by molar-refractivity contribution is 6.13. The minimum Gasteiger partial charge on any atom is -0.358 e. The van der Waals surface area contributed by atoms with Gasteiger partial charge in [-0.3, -0.25) is 19.3 Å². The Morgan fingerprint density at radius 3 is 2.29 bits per heavy atom. The molecule has 1 aliphatic carbocycles. The van der Waals surface area contributed by atoms with Crippen LogP contribution in [-0.2, 0) is 14.4 Å². The van der Waals surface area contributed by atoms with E-state index in [0.29, 0.717) is 18.9 Å². The molecule has 3 amide bonds. The molecule has 1 aliphatic heterocycles. The Labute approximate surface area is 99.8 Å². The summed E-state index contributed by atoms with van der Waals surface area (Å²) in [6, 6.07) is 0.0393. The van der Waals surface area contributed by atoms with E-state index in [4.69, 9.17) is 0 Å². The minimum absolute atomic E-state index is 0.0393. The van der Waals surface area contributed by atoms with Crippen molar-refractivity contribution in [3.05, 3.63) is 12.2 Å². The summed E-state index contributed by atoms with van der Waals surface area (Å²) >= 11 is 0. The Morgan fingerprint density at radius 2 is 1.76 bits per heavy atom.